The monoisotopic (exact) mass is 563 g/mol. The molecular weight excluding hydrogens is 534 g/mol. The fourth-order valence-corrected chi connectivity index (χ4v) is 4.69. The number of hydrogen-bond acceptors (Lipinski definition) is 7. The number of rotatable bonds is 11. The Hall–Kier alpha value is -4.89. The third-order valence-corrected chi connectivity index (χ3v) is 7.07. The van der Waals surface area contributed by atoms with Gasteiger partial charge < -0.3 is 9.47 Å². The van der Waals surface area contributed by atoms with Crippen LogP contribution in [-0.2, 0) is 11.4 Å². The van der Waals surface area contributed by atoms with Crippen LogP contribution in [0.15, 0.2) is 113 Å². The quantitative estimate of drug-likeness (QED) is 0.119. The highest BCUT2D eigenvalue weighted by Gasteiger charge is 2.17. The lowest BCUT2D eigenvalue weighted by Gasteiger charge is -2.11. The van der Waals surface area contributed by atoms with E-state index in [1.165, 1.54) is 11.8 Å². The zero-order valence-corrected chi connectivity index (χ0v) is 23.5. The molecule has 1 amide bonds. The van der Waals surface area contributed by atoms with E-state index in [0.717, 1.165) is 39.4 Å². The first-order chi connectivity index (χ1) is 20.1. The fraction of sp³-hybridized carbons (Fsp3) is 0.125. The molecule has 0 radical (unpaired) electrons. The molecule has 0 spiro atoms. The van der Waals surface area contributed by atoms with Crippen LogP contribution in [0.5, 0.6) is 11.5 Å². The summed E-state index contributed by atoms with van der Waals surface area (Å²) in [5.41, 5.74) is 7.48. The van der Waals surface area contributed by atoms with Gasteiger partial charge in [-0.25, -0.2) is 5.43 Å². The number of amides is 1. The standard InChI is InChI=1S/C32H29N5O3S/c1-23-8-12-26(13-9-23)31-35-36-32(37(31)27-14-18-28(39-2)19-15-27)41-22-30(38)34-33-20-24-10-16-29(17-11-24)40-21-25-6-4-3-5-7-25/h3-20H,21-22H2,1-2H3,(H,34,38). The van der Waals surface area contributed by atoms with E-state index in [4.69, 9.17) is 9.47 Å². The lowest BCUT2D eigenvalue weighted by molar-refractivity contribution is -0.118. The summed E-state index contributed by atoms with van der Waals surface area (Å²) < 4.78 is 13.1. The van der Waals surface area contributed by atoms with Crippen LogP contribution in [0.3, 0.4) is 0 Å². The highest BCUT2D eigenvalue weighted by Crippen LogP contribution is 2.29. The van der Waals surface area contributed by atoms with Gasteiger partial charge in [-0.15, -0.1) is 10.2 Å². The maximum Gasteiger partial charge on any atom is 0.250 e. The smallest absolute Gasteiger partial charge is 0.250 e. The van der Waals surface area contributed by atoms with Crippen molar-refractivity contribution < 1.29 is 14.3 Å². The van der Waals surface area contributed by atoms with Crippen molar-refractivity contribution in [3.63, 3.8) is 0 Å². The first-order valence-corrected chi connectivity index (χ1v) is 14.0. The first kappa shape index (κ1) is 27.7. The number of benzene rings is 4. The Morgan fingerprint density at radius 1 is 0.902 bits per heavy atom. The third-order valence-electron chi connectivity index (χ3n) is 6.14. The molecule has 0 fully saturated rings. The molecule has 1 aromatic heterocycles. The zero-order valence-electron chi connectivity index (χ0n) is 22.7. The van der Waals surface area contributed by atoms with Gasteiger partial charge >= 0.3 is 0 Å². The van der Waals surface area contributed by atoms with Crippen LogP contribution in [0.2, 0.25) is 0 Å². The van der Waals surface area contributed by atoms with Crippen molar-refractivity contribution in [3.05, 3.63) is 120 Å². The molecule has 5 rings (SSSR count). The zero-order chi connectivity index (χ0) is 28.4. The van der Waals surface area contributed by atoms with Gasteiger partial charge in [-0.3, -0.25) is 9.36 Å². The lowest BCUT2D eigenvalue weighted by atomic mass is 10.1. The number of nitrogens with one attached hydrogen (secondary N) is 1. The molecule has 0 unspecified atom stereocenters. The summed E-state index contributed by atoms with van der Waals surface area (Å²) in [5.74, 6) is 2.06. The molecule has 0 saturated carbocycles. The highest BCUT2D eigenvalue weighted by molar-refractivity contribution is 7.99. The van der Waals surface area contributed by atoms with E-state index >= 15 is 0 Å². The van der Waals surface area contributed by atoms with Crippen LogP contribution in [-0.4, -0.2) is 39.7 Å². The number of carbonyl (C=O) groups excluding carboxylic acids is 1. The van der Waals surface area contributed by atoms with Crippen molar-refractivity contribution >= 4 is 23.9 Å². The van der Waals surface area contributed by atoms with Gasteiger partial charge in [0.2, 0.25) is 0 Å². The van der Waals surface area contributed by atoms with Crippen molar-refractivity contribution in [2.24, 2.45) is 5.10 Å². The lowest BCUT2D eigenvalue weighted by Crippen LogP contribution is -2.20. The van der Waals surface area contributed by atoms with Crippen LogP contribution >= 0.6 is 11.8 Å². The first-order valence-electron chi connectivity index (χ1n) is 13.0. The number of thioether (sulfide) groups is 1. The molecule has 1 N–H and O–H groups in total. The normalized spacial score (nSPS) is 11.0. The van der Waals surface area contributed by atoms with Crippen molar-refractivity contribution in [1.29, 1.82) is 0 Å². The van der Waals surface area contributed by atoms with Crippen LogP contribution in [0.4, 0.5) is 0 Å². The largest absolute Gasteiger partial charge is 0.497 e. The molecular formula is C32H29N5O3S. The highest BCUT2D eigenvalue weighted by atomic mass is 32.2. The molecule has 0 bridgehead atoms. The number of methoxy groups -OCH3 is 1. The fourth-order valence-electron chi connectivity index (χ4n) is 3.95. The van der Waals surface area contributed by atoms with E-state index in [2.05, 4.69) is 20.7 Å². The molecule has 0 saturated heterocycles. The minimum atomic E-state index is -0.254. The molecule has 0 aliphatic carbocycles. The Kier molecular flexibility index (Phi) is 9.08. The number of carbonyl (C=O) groups is 1. The van der Waals surface area contributed by atoms with Gasteiger partial charge in [-0.1, -0.05) is 71.9 Å². The maximum absolute atomic E-state index is 12.6. The SMILES string of the molecule is COc1ccc(-n2c(SCC(=O)NN=Cc3ccc(OCc4ccccc4)cc3)nnc2-c2ccc(C)cc2)cc1. The van der Waals surface area contributed by atoms with E-state index in [1.807, 2.05) is 115 Å². The molecule has 0 aliphatic rings. The second kappa shape index (κ2) is 13.5. The Balaban J connectivity index is 1.20. The summed E-state index contributed by atoms with van der Waals surface area (Å²) in [6, 6.07) is 33.2. The second-order valence-electron chi connectivity index (χ2n) is 9.13. The summed E-state index contributed by atoms with van der Waals surface area (Å²) in [6.07, 6.45) is 1.60. The number of hydrazone groups is 1. The van der Waals surface area contributed by atoms with E-state index in [0.29, 0.717) is 17.6 Å². The number of hydrogen-bond donors (Lipinski definition) is 1. The Morgan fingerprint density at radius 2 is 1.61 bits per heavy atom. The Labute approximate surface area is 243 Å². The Morgan fingerprint density at radius 3 is 2.32 bits per heavy atom. The molecule has 8 nitrogen and oxygen atoms in total. The molecule has 1 heterocycles. The van der Waals surface area contributed by atoms with Crippen molar-refractivity contribution in [1.82, 2.24) is 20.2 Å². The van der Waals surface area contributed by atoms with Gasteiger partial charge in [0.1, 0.15) is 18.1 Å². The second-order valence-corrected chi connectivity index (χ2v) is 10.1. The van der Waals surface area contributed by atoms with Gasteiger partial charge in [0.05, 0.1) is 19.1 Å². The molecule has 41 heavy (non-hydrogen) atoms. The number of aromatic nitrogens is 3. The maximum atomic E-state index is 12.6. The van der Waals surface area contributed by atoms with E-state index < -0.39 is 0 Å². The molecule has 206 valence electrons. The van der Waals surface area contributed by atoms with E-state index in [-0.39, 0.29) is 11.7 Å². The molecule has 5 aromatic rings. The van der Waals surface area contributed by atoms with Gasteiger partial charge in [-0.05, 0) is 66.6 Å². The molecule has 0 atom stereocenters. The summed E-state index contributed by atoms with van der Waals surface area (Å²) in [4.78, 5) is 12.6. The minimum absolute atomic E-state index is 0.117. The average Bonchev–Trinajstić information content (AvgIpc) is 3.44. The van der Waals surface area contributed by atoms with Crippen LogP contribution < -0.4 is 14.9 Å². The van der Waals surface area contributed by atoms with Crippen molar-refractivity contribution in [3.8, 4) is 28.6 Å². The minimum Gasteiger partial charge on any atom is -0.497 e. The predicted octanol–water partition coefficient (Wildman–Crippen LogP) is 6.07. The molecule has 0 aliphatic heterocycles. The van der Waals surface area contributed by atoms with Crippen molar-refractivity contribution in [2.75, 3.05) is 12.9 Å². The summed E-state index contributed by atoms with van der Waals surface area (Å²) in [7, 11) is 1.63. The van der Waals surface area contributed by atoms with Crippen LogP contribution in [0, 0.1) is 6.92 Å². The van der Waals surface area contributed by atoms with Gasteiger partial charge in [-0.2, -0.15) is 5.10 Å². The third kappa shape index (κ3) is 7.40. The van der Waals surface area contributed by atoms with Crippen LogP contribution in [0.1, 0.15) is 16.7 Å². The average molecular weight is 564 g/mol. The summed E-state index contributed by atoms with van der Waals surface area (Å²) >= 11 is 1.29. The predicted molar refractivity (Wildman–Crippen MR) is 162 cm³/mol. The number of ether oxygens (including phenoxy) is 2. The van der Waals surface area contributed by atoms with E-state index in [9.17, 15) is 4.79 Å². The van der Waals surface area contributed by atoms with E-state index in [1.54, 1.807) is 13.3 Å². The van der Waals surface area contributed by atoms with Gasteiger partial charge in [0, 0.05) is 11.3 Å². The van der Waals surface area contributed by atoms with Crippen LogP contribution in [0.25, 0.3) is 17.1 Å². The number of nitrogens with zero attached hydrogens (tertiary/aromatic N) is 4. The summed E-state index contributed by atoms with van der Waals surface area (Å²) in [6.45, 7) is 2.54. The summed E-state index contributed by atoms with van der Waals surface area (Å²) in [5, 5.41) is 13.5. The van der Waals surface area contributed by atoms with Gasteiger partial charge in [0.15, 0.2) is 11.0 Å². The van der Waals surface area contributed by atoms with Gasteiger partial charge in [0.25, 0.3) is 5.91 Å². The Bertz CT molecular complexity index is 1600. The van der Waals surface area contributed by atoms with Crippen molar-refractivity contribution in [2.45, 2.75) is 18.7 Å². The number of aryl methyl sites for hydroxylation is 1. The molecule has 9 heteroatoms. The topological polar surface area (TPSA) is 90.6 Å². The molecule has 4 aromatic carbocycles.